The molecule has 1 saturated carbocycles. The fourth-order valence-electron chi connectivity index (χ4n) is 2.12. The molecular formula is C12H14BrN3O2. The molecule has 1 amide bonds. The summed E-state index contributed by atoms with van der Waals surface area (Å²) in [7, 11) is 0. The van der Waals surface area contributed by atoms with E-state index < -0.39 is 0 Å². The molecular weight excluding hydrogens is 298 g/mol. The van der Waals surface area contributed by atoms with Gasteiger partial charge in [-0.15, -0.1) is 0 Å². The number of hydrogen-bond acceptors (Lipinski definition) is 4. The molecule has 96 valence electrons. The first-order valence-corrected chi connectivity index (χ1v) is 6.94. The van der Waals surface area contributed by atoms with E-state index in [1.165, 1.54) is 0 Å². The number of hydrogen-bond donors (Lipinski definition) is 0. The Morgan fingerprint density at radius 1 is 1.33 bits per heavy atom. The summed E-state index contributed by atoms with van der Waals surface area (Å²) in [6.45, 7) is 1.45. The Morgan fingerprint density at radius 3 is 2.72 bits per heavy atom. The number of carbonyl (C=O) groups is 1. The average molecular weight is 312 g/mol. The zero-order valence-corrected chi connectivity index (χ0v) is 11.5. The van der Waals surface area contributed by atoms with E-state index in [0.29, 0.717) is 12.6 Å². The van der Waals surface area contributed by atoms with E-state index in [0.717, 1.165) is 30.3 Å². The fourth-order valence-corrected chi connectivity index (χ4v) is 2.33. The maximum absolute atomic E-state index is 11.9. The van der Waals surface area contributed by atoms with Gasteiger partial charge >= 0.3 is 6.01 Å². The topological polar surface area (TPSA) is 55.3 Å². The average Bonchev–Trinajstić information content (AvgIpc) is 3.12. The van der Waals surface area contributed by atoms with E-state index in [2.05, 4.69) is 25.9 Å². The van der Waals surface area contributed by atoms with Gasteiger partial charge in [-0.05, 0) is 28.8 Å². The van der Waals surface area contributed by atoms with Crippen LogP contribution in [-0.2, 0) is 4.79 Å². The number of halogens is 1. The highest BCUT2D eigenvalue weighted by atomic mass is 79.9. The number of ether oxygens (including phenoxy) is 1. The smallest absolute Gasteiger partial charge is 0.316 e. The van der Waals surface area contributed by atoms with Crippen molar-refractivity contribution in [3.63, 3.8) is 0 Å². The predicted octanol–water partition coefficient (Wildman–Crippen LogP) is 1.63. The number of carbonyl (C=O) groups excluding carboxylic acids is 1. The van der Waals surface area contributed by atoms with Crippen LogP contribution in [0.1, 0.15) is 19.3 Å². The number of aromatic nitrogens is 2. The number of nitrogens with zero attached hydrogens (tertiary/aromatic N) is 3. The summed E-state index contributed by atoms with van der Waals surface area (Å²) in [5.41, 5.74) is 0. The molecule has 5 nitrogen and oxygen atoms in total. The summed E-state index contributed by atoms with van der Waals surface area (Å²) in [5, 5.41) is 0. The molecule has 0 spiro atoms. The van der Waals surface area contributed by atoms with Crippen molar-refractivity contribution in [1.29, 1.82) is 0 Å². The van der Waals surface area contributed by atoms with Crippen LogP contribution in [0.15, 0.2) is 16.9 Å². The van der Waals surface area contributed by atoms with Crippen LogP contribution in [0.2, 0.25) is 0 Å². The Hall–Kier alpha value is -1.17. The van der Waals surface area contributed by atoms with Crippen molar-refractivity contribution >= 4 is 21.8 Å². The zero-order valence-electron chi connectivity index (χ0n) is 9.88. The zero-order chi connectivity index (χ0) is 12.5. The van der Waals surface area contributed by atoms with E-state index >= 15 is 0 Å². The van der Waals surface area contributed by atoms with Gasteiger partial charge in [0.25, 0.3) is 0 Å². The van der Waals surface area contributed by atoms with Crippen molar-refractivity contribution in [2.45, 2.75) is 25.4 Å². The Morgan fingerprint density at radius 2 is 2.06 bits per heavy atom. The minimum Gasteiger partial charge on any atom is -0.458 e. The standard InChI is InChI=1S/C12H14BrN3O2/c13-9-5-14-12(15-6-9)18-10-3-4-16(7-10)11(17)8-1-2-8/h5-6,8,10H,1-4,7H2/t10-/m0/s1. The van der Waals surface area contributed by atoms with Gasteiger partial charge in [0.15, 0.2) is 0 Å². The van der Waals surface area contributed by atoms with Gasteiger partial charge in [-0.1, -0.05) is 0 Å². The summed E-state index contributed by atoms with van der Waals surface area (Å²) >= 11 is 3.28. The van der Waals surface area contributed by atoms with Gasteiger partial charge in [-0.2, -0.15) is 0 Å². The molecule has 0 bridgehead atoms. The summed E-state index contributed by atoms with van der Waals surface area (Å²) in [5.74, 6) is 0.575. The molecule has 2 heterocycles. The van der Waals surface area contributed by atoms with Gasteiger partial charge in [-0.3, -0.25) is 4.79 Å². The maximum Gasteiger partial charge on any atom is 0.316 e. The molecule has 6 heteroatoms. The van der Waals surface area contributed by atoms with Crippen LogP contribution in [-0.4, -0.2) is 40.0 Å². The van der Waals surface area contributed by atoms with Crippen molar-refractivity contribution < 1.29 is 9.53 Å². The second-order valence-electron chi connectivity index (χ2n) is 4.77. The van der Waals surface area contributed by atoms with Gasteiger partial charge in [0.2, 0.25) is 5.91 Å². The second-order valence-corrected chi connectivity index (χ2v) is 5.69. The van der Waals surface area contributed by atoms with Gasteiger partial charge in [-0.25, -0.2) is 9.97 Å². The molecule has 1 aromatic heterocycles. The molecule has 0 unspecified atom stereocenters. The third-order valence-electron chi connectivity index (χ3n) is 3.25. The minimum absolute atomic E-state index is 0.0221. The SMILES string of the molecule is O=C(C1CC1)N1CC[C@H](Oc2ncc(Br)cn2)C1. The molecule has 3 rings (SSSR count). The lowest BCUT2D eigenvalue weighted by Crippen LogP contribution is -2.32. The molecule has 0 N–H and O–H groups in total. The van der Waals surface area contributed by atoms with E-state index in [1.54, 1.807) is 12.4 Å². The number of rotatable bonds is 3. The summed E-state index contributed by atoms with van der Waals surface area (Å²) in [6.07, 6.45) is 6.30. The van der Waals surface area contributed by atoms with Gasteiger partial charge in [0, 0.05) is 31.3 Å². The van der Waals surface area contributed by atoms with Crippen molar-refractivity contribution in [2.24, 2.45) is 5.92 Å². The highest BCUT2D eigenvalue weighted by Gasteiger charge is 2.37. The third-order valence-corrected chi connectivity index (χ3v) is 3.66. The molecule has 1 atom stereocenters. The van der Waals surface area contributed by atoms with E-state index in [-0.39, 0.29) is 17.9 Å². The molecule has 2 fully saturated rings. The van der Waals surface area contributed by atoms with Gasteiger partial charge in [0.05, 0.1) is 11.0 Å². The minimum atomic E-state index is 0.0221. The van der Waals surface area contributed by atoms with Crippen LogP contribution < -0.4 is 4.74 Å². The third kappa shape index (κ3) is 2.63. The lowest BCUT2D eigenvalue weighted by molar-refractivity contribution is -0.131. The maximum atomic E-state index is 11.9. The Labute approximate surface area is 114 Å². The first-order chi connectivity index (χ1) is 8.72. The largest absolute Gasteiger partial charge is 0.458 e. The second kappa shape index (κ2) is 4.84. The molecule has 0 aromatic carbocycles. The van der Waals surface area contributed by atoms with Crippen molar-refractivity contribution in [3.8, 4) is 6.01 Å². The summed E-state index contributed by atoms with van der Waals surface area (Å²) < 4.78 is 6.50. The van der Waals surface area contributed by atoms with Gasteiger partial charge < -0.3 is 9.64 Å². The van der Waals surface area contributed by atoms with Crippen molar-refractivity contribution in [1.82, 2.24) is 14.9 Å². The Bertz CT molecular complexity index is 447. The lowest BCUT2D eigenvalue weighted by Gasteiger charge is -2.16. The van der Waals surface area contributed by atoms with Gasteiger partial charge in [0.1, 0.15) is 6.10 Å². The van der Waals surface area contributed by atoms with E-state index in [9.17, 15) is 4.79 Å². The molecule has 1 saturated heterocycles. The molecule has 2 aliphatic rings. The highest BCUT2D eigenvalue weighted by Crippen LogP contribution is 2.32. The first-order valence-electron chi connectivity index (χ1n) is 6.15. The van der Waals surface area contributed by atoms with Crippen LogP contribution >= 0.6 is 15.9 Å². The van der Waals surface area contributed by atoms with Crippen LogP contribution in [0.5, 0.6) is 6.01 Å². The van der Waals surface area contributed by atoms with Crippen molar-refractivity contribution in [2.75, 3.05) is 13.1 Å². The quantitative estimate of drug-likeness (QED) is 0.851. The summed E-state index contributed by atoms with van der Waals surface area (Å²) in [4.78, 5) is 21.9. The molecule has 1 aromatic rings. The molecule has 18 heavy (non-hydrogen) atoms. The Balaban J connectivity index is 1.55. The molecule has 1 aliphatic carbocycles. The molecule has 1 aliphatic heterocycles. The lowest BCUT2D eigenvalue weighted by atomic mass is 10.3. The van der Waals surface area contributed by atoms with E-state index in [1.807, 2.05) is 4.90 Å². The van der Waals surface area contributed by atoms with Crippen LogP contribution in [0, 0.1) is 5.92 Å². The predicted molar refractivity (Wildman–Crippen MR) is 68.1 cm³/mol. The van der Waals surface area contributed by atoms with Crippen LogP contribution in [0.4, 0.5) is 0 Å². The monoisotopic (exact) mass is 311 g/mol. The highest BCUT2D eigenvalue weighted by molar-refractivity contribution is 9.10. The Kier molecular flexibility index (Phi) is 3.20. The number of likely N-dealkylation sites (tertiary alicyclic amines) is 1. The van der Waals surface area contributed by atoms with E-state index in [4.69, 9.17) is 4.74 Å². The normalized spacial score (nSPS) is 23.2. The fraction of sp³-hybridized carbons (Fsp3) is 0.583. The van der Waals surface area contributed by atoms with Crippen LogP contribution in [0.3, 0.4) is 0 Å². The number of amides is 1. The summed E-state index contributed by atoms with van der Waals surface area (Å²) in [6, 6.07) is 0.379. The van der Waals surface area contributed by atoms with Crippen molar-refractivity contribution in [3.05, 3.63) is 16.9 Å². The molecule has 0 radical (unpaired) electrons. The first kappa shape index (κ1) is 11.9. The van der Waals surface area contributed by atoms with Crippen LogP contribution in [0.25, 0.3) is 0 Å².